The van der Waals surface area contributed by atoms with Gasteiger partial charge in [0.05, 0.1) is 24.6 Å². The Morgan fingerprint density at radius 3 is 2.74 bits per heavy atom. The van der Waals surface area contributed by atoms with E-state index in [1.807, 2.05) is 72.8 Å². The van der Waals surface area contributed by atoms with Crippen LogP contribution in [-0.4, -0.2) is 50.9 Å². The first-order valence-corrected chi connectivity index (χ1v) is 12.2. The van der Waals surface area contributed by atoms with Crippen molar-refractivity contribution in [1.29, 1.82) is 0 Å². The zero-order valence-corrected chi connectivity index (χ0v) is 20.7. The van der Waals surface area contributed by atoms with E-state index in [1.54, 1.807) is 7.11 Å². The highest BCUT2D eigenvalue weighted by Gasteiger charge is 2.34. The van der Waals surface area contributed by atoms with Gasteiger partial charge in [0, 0.05) is 19.2 Å². The lowest BCUT2D eigenvalue weighted by Crippen LogP contribution is -2.32. The molecule has 1 unspecified atom stereocenters. The second kappa shape index (κ2) is 10.3. The van der Waals surface area contributed by atoms with E-state index >= 15 is 0 Å². The fraction of sp³-hybridized carbons (Fsp3) is 0.360. The molecule has 1 aliphatic heterocycles. The van der Waals surface area contributed by atoms with E-state index in [0.717, 1.165) is 35.4 Å². The summed E-state index contributed by atoms with van der Waals surface area (Å²) in [6.45, 7) is 4.60. The Hall–Kier alpha value is -3.33. The van der Waals surface area contributed by atoms with E-state index in [-0.39, 0.29) is 23.6 Å². The Morgan fingerprint density at radius 1 is 1.18 bits per heavy atom. The predicted molar refractivity (Wildman–Crippen MR) is 132 cm³/mol. The molecular weight excluding hydrogens is 450 g/mol. The lowest BCUT2D eigenvalue weighted by Gasteiger charge is -2.24. The van der Waals surface area contributed by atoms with E-state index in [4.69, 9.17) is 4.74 Å². The van der Waals surface area contributed by atoms with Crippen LogP contribution < -0.4 is 10.1 Å². The smallest absolute Gasteiger partial charge is 0.254 e. The highest BCUT2D eigenvalue weighted by molar-refractivity contribution is 7.99. The Kier molecular flexibility index (Phi) is 7.21. The molecule has 1 N–H and O–H groups in total. The van der Waals surface area contributed by atoms with Crippen LogP contribution in [0.5, 0.6) is 5.75 Å². The van der Waals surface area contributed by atoms with Crippen molar-refractivity contribution in [3.63, 3.8) is 0 Å². The Labute approximate surface area is 203 Å². The van der Waals surface area contributed by atoms with Crippen molar-refractivity contribution in [2.75, 3.05) is 24.7 Å². The average molecular weight is 480 g/mol. The van der Waals surface area contributed by atoms with E-state index in [2.05, 4.69) is 15.5 Å². The normalized spacial score (nSPS) is 15.4. The van der Waals surface area contributed by atoms with Crippen molar-refractivity contribution in [2.45, 2.75) is 37.9 Å². The van der Waals surface area contributed by atoms with Crippen LogP contribution in [0.1, 0.15) is 46.2 Å². The molecule has 3 aromatic rings. The maximum Gasteiger partial charge on any atom is 0.254 e. The summed E-state index contributed by atoms with van der Waals surface area (Å²) in [5.74, 6) is 1.40. The minimum absolute atomic E-state index is 0.0179. The fourth-order valence-electron chi connectivity index (χ4n) is 4.22. The van der Waals surface area contributed by atoms with Gasteiger partial charge < -0.3 is 19.5 Å². The van der Waals surface area contributed by atoms with Crippen LogP contribution in [0.4, 0.5) is 5.69 Å². The minimum atomic E-state index is -0.157. The highest BCUT2D eigenvalue weighted by Crippen LogP contribution is 2.34. The quantitative estimate of drug-likeness (QED) is 0.512. The van der Waals surface area contributed by atoms with E-state index in [9.17, 15) is 9.59 Å². The monoisotopic (exact) mass is 479 g/mol. The third-order valence-corrected chi connectivity index (χ3v) is 7.04. The zero-order chi connectivity index (χ0) is 24.2. The molecule has 0 saturated carbocycles. The lowest BCUT2D eigenvalue weighted by molar-refractivity contribution is -0.113. The number of carbonyl (C=O) groups is 2. The van der Waals surface area contributed by atoms with Crippen LogP contribution in [0.25, 0.3) is 0 Å². The van der Waals surface area contributed by atoms with Crippen LogP contribution in [0.3, 0.4) is 0 Å². The van der Waals surface area contributed by atoms with Crippen LogP contribution in [-0.2, 0) is 11.8 Å². The van der Waals surface area contributed by atoms with Gasteiger partial charge in [-0.25, -0.2) is 0 Å². The summed E-state index contributed by atoms with van der Waals surface area (Å²) in [6.07, 6.45) is 1.75. The molecular formula is C25H29N5O3S. The number of likely N-dealkylation sites (tertiary alicyclic amines) is 1. The average Bonchev–Trinajstić information content (AvgIpc) is 3.44. The van der Waals surface area contributed by atoms with Crippen LogP contribution >= 0.6 is 11.8 Å². The first-order valence-electron chi connectivity index (χ1n) is 11.2. The number of hydrogen-bond donors (Lipinski definition) is 1. The SMILES string of the molecule is COc1ccc(C)cc1NC(=O)CSc1nnc(C2CCCN2C(=O)c2ccccc2C)n1C. The molecule has 2 heterocycles. The first-order chi connectivity index (χ1) is 16.4. The van der Waals surface area contributed by atoms with Gasteiger partial charge in [0.25, 0.3) is 5.91 Å². The molecule has 34 heavy (non-hydrogen) atoms. The summed E-state index contributed by atoms with van der Waals surface area (Å²) in [6, 6.07) is 13.1. The summed E-state index contributed by atoms with van der Waals surface area (Å²) in [7, 11) is 3.46. The number of nitrogens with one attached hydrogen (secondary N) is 1. The number of carbonyl (C=O) groups excluding carboxylic acids is 2. The maximum absolute atomic E-state index is 13.2. The maximum atomic E-state index is 13.2. The van der Waals surface area contributed by atoms with Gasteiger partial charge in [-0.3, -0.25) is 9.59 Å². The van der Waals surface area contributed by atoms with Crippen molar-refractivity contribution >= 4 is 29.3 Å². The van der Waals surface area contributed by atoms with E-state index in [1.165, 1.54) is 11.8 Å². The van der Waals surface area contributed by atoms with Gasteiger partial charge in [-0.05, 0) is 56.0 Å². The molecule has 2 aromatic carbocycles. The van der Waals surface area contributed by atoms with Crippen molar-refractivity contribution in [3.05, 3.63) is 65.0 Å². The van der Waals surface area contributed by atoms with Gasteiger partial charge in [0.15, 0.2) is 11.0 Å². The Balaban J connectivity index is 1.43. The second-order valence-corrected chi connectivity index (χ2v) is 9.35. The van der Waals surface area contributed by atoms with Gasteiger partial charge in [-0.15, -0.1) is 10.2 Å². The fourth-order valence-corrected chi connectivity index (χ4v) is 4.94. The van der Waals surface area contributed by atoms with Gasteiger partial charge in [-0.1, -0.05) is 36.0 Å². The number of nitrogens with zero attached hydrogens (tertiary/aromatic N) is 4. The number of hydrogen-bond acceptors (Lipinski definition) is 6. The number of thioether (sulfide) groups is 1. The standard InChI is InChI=1S/C25H29N5O3S/c1-16-11-12-21(33-4)19(14-16)26-22(31)15-34-25-28-27-23(29(25)3)20-10-7-13-30(20)24(32)18-9-6-5-8-17(18)2/h5-6,8-9,11-12,14,20H,7,10,13,15H2,1-4H3,(H,26,31). The van der Waals surface area contributed by atoms with Gasteiger partial charge >= 0.3 is 0 Å². The number of aromatic nitrogens is 3. The lowest BCUT2D eigenvalue weighted by atomic mass is 10.1. The largest absolute Gasteiger partial charge is 0.495 e. The highest BCUT2D eigenvalue weighted by atomic mass is 32.2. The number of amides is 2. The Bertz CT molecular complexity index is 1210. The zero-order valence-electron chi connectivity index (χ0n) is 19.9. The van der Waals surface area contributed by atoms with Crippen LogP contribution in [0.15, 0.2) is 47.6 Å². The third-order valence-electron chi connectivity index (χ3n) is 6.02. The molecule has 9 heteroatoms. The van der Waals surface area contributed by atoms with Crippen molar-refractivity contribution in [1.82, 2.24) is 19.7 Å². The minimum Gasteiger partial charge on any atom is -0.495 e. The molecule has 2 amide bonds. The summed E-state index contributed by atoms with van der Waals surface area (Å²) in [5, 5.41) is 12.2. The first kappa shape index (κ1) is 23.8. The molecule has 1 aromatic heterocycles. The van der Waals surface area contributed by atoms with Gasteiger partial charge in [0.1, 0.15) is 5.75 Å². The molecule has 1 aliphatic rings. The predicted octanol–water partition coefficient (Wildman–Crippen LogP) is 4.15. The molecule has 1 fully saturated rings. The number of aryl methyl sites for hydroxylation is 2. The summed E-state index contributed by atoms with van der Waals surface area (Å²) < 4.78 is 7.22. The molecule has 0 aliphatic carbocycles. The number of ether oxygens (including phenoxy) is 1. The number of methoxy groups -OCH3 is 1. The van der Waals surface area contributed by atoms with Crippen molar-refractivity contribution in [2.24, 2.45) is 7.05 Å². The molecule has 0 spiro atoms. The molecule has 1 saturated heterocycles. The van der Waals surface area contributed by atoms with Crippen LogP contribution in [0.2, 0.25) is 0 Å². The topological polar surface area (TPSA) is 89.3 Å². The van der Waals surface area contributed by atoms with E-state index in [0.29, 0.717) is 23.1 Å². The van der Waals surface area contributed by atoms with Gasteiger partial charge in [0.2, 0.25) is 5.91 Å². The van der Waals surface area contributed by atoms with Crippen molar-refractivity contribution in [3.8, 4) is 5.75 Å². The van der Waals surface area contributed by atoms with E-state index < -0.39 is 0 Å². The molecule has 4 rings (SSSR count). The number of benzene rings is 2. The Morgan fingerprint density at radius 2 is 1.97 bits per heavy atom. The van der Waals surface area contributed by atoms with Crippen molar-refractivity contribution < 1.29 is 14.3 Å². The summed E-state index contributed by atoms with van der Waals surface area (Å²) in [5.41, 5.74) is 3.35. The second-order valence-electron chi connectivity index (χ2n) is 8.41. The summed E-state index contributed by atoms with van der Waals surface area (Å²) >= 11 is 1.31. The molecule has 1 atom stereocenters. The molecule has 0 bridgehead atoms. The third kappa shape index (κ3) is 4.94. The number of rotatable bonds is 7. The summed E-state index contributed by atoms with van der Waals surface area (Å²) in [4.78, 5) is 27.7. The van der Waals surface area contributed by atoms with Gasteiger partial charge in [-0.2, -0.15) is 0 Å². The number of anilines is 1. The molecule has 0 radical (unpaired) electrons. The molecule has 8 nitrogen and oxygen atoms in total. The molecule has 178 valence electrons. The van der Waals surface area contributed by atoms with Crippen LogP contribution in [0, 0.1) is 13.8 Å².